The van der Waals surface area contributed by atoms with Crippen molar-refractivity contribution in [1.29, 1.82) is 0 Å². The van der Waals surface area contributed by atoms with Crippen molar-refractivity contribution in [3.8, 4) is 22.8 Å². The van der Waals surface area contributed by atoms with Crippen LogP contribution in [-0.2, 0) is 49.9 Å². The molecule has 0 unspecified atom stereocenters. The number of nitrogens with zero attached hydrogens (tertiary/aromatic N) is 4. The van der Waals surface area contributed by atoms with Gasteiger partial charge in [-0.1, -0.05) is 24.3 Å². The number of aromatic nitrogens is 4. The molecule has 44 heavy (non-hydrogen) atoms. The van der Waals surface area contributed by atoms with Gasteiger partial charge < -0.3 is 9.11 Å². The van der Waals surface area contributed by atoms with E-state index in [1.54, 1.807) is 12.4 Å². The minimum atomic E-state index is -6.09. The molecule has 19 heteroatoms. The summed E-state index contributed by atoms with van der Waals surface area (Å²) < 4.78 is 118. The molecule has 239 valence electrons. The van der Waals surface area contributed by atoms with E-state index in [2.05, 4.69) is 22.1 Å². The summed E-state index contributed by atoms with van der Waals surface area (Å²) in [6, 6.07) is 24.0. The molecule has 0 amide bonds. The topological polar surface area (TPSA) is 166 Å². The second-order valence-corrected chi connectivity index (χ2v) is 10.9. The van der Waals surface area contributed by atoms with E-state index in [9.17, 15) is 26.3 Å². The van der Waals surface area contributed by atoms with Crippen LogP contribution in [0.1, 0.15) is 17.8 Å². The Labute approximate surface area is 258 Å². The Morgan fingerprint density at radius 1 is 0.545 bits per heavy atom. The SMILES string of the molecule is O=S(=O)([O-])C(F)(F)F.O=S(=O)([O-])C(F)(F)F.[Co+2].c1ccc(-c2cccc(CCCc3cccc(-c4ccccn4)n3)n2)nc1. The number of hydrogen-bond acceptors (Lipinski definition) is 10. The largest absolute Gasteiger partial charge is 2.00 e. The molecule has 4 rings (SSSR count). The molecular weight excluding hydrogens is 689 g/mol. The van der Waals surface area contributed by atoms with Crippen molar-refractivity contribution in [2.24, 2.45) is 0 Å². The van der Waals surface area contributed by atoms with Crippen molar-refractivity contribution >= 4 is 20.2 Å². The number of rotatable bonds is 6. The van der Waals surface area contributed by atoms with E-state index in [0.717, 1.165) is 53.4 Å². The van der Waals surface area contributed by atoms with E-state index in [-0.39, 0.29) is 16.8 Å². The predicted molar refractivity (Wildman–Crippen MR) is 138 cm³/mol. The summed E-state index contributed by atoms with van der Waals surface area (Å²) in [5.74, 6) is 0. The first kappa shape index (κ1) is 38.5. The quantitative estimate of drug-likeness (QED) is 0.153. The Bertz CT molecular complexity index is 1560. The molecule has 0 aliphatic heterocycles. The Balaban J connectivity index is 0.000000474. The van der Waals surface area contributed by atoms with Crippen LogP contribution in [0.25, 0.3) is 22.8 Å². The first-order chi connectivity index (χ1) is 19.9. The molecule has 0 saturated carbocycles. The summed E-state index contributed by atoms with van der Waals surface area (Å²) in [6.45, 7) is 0. The summed E-state index contributed by atoms with van der Waals surface area (Å²) in [5, 5.41) is 0. The van der Waals surface area contributed by atoms with Crippen LogP contribution in [-0.4, -0.2) is 56.9 Å². The Kier molecular flexibility index (Phi) is 14.5. The molecule has 4 heterocycles. The van der Waals surface area contributed by atoms with E-state index >= 15 is 0 Å². The Morgan fingerprint density at radius 3 is 1.14 bits per heavy atom. The first-order valence-corrected chi connectivity index (χ1v) is 14.5. The van der Waals surface area contributed by atoms with Gasteiger partial charge in [0.05, 0.1) is 22.8 Å². The Hall–Kier alpha value is -3.49. The van der Waals surface area contributed by atoms with Crippen molar-refractivity contribution < 1.29 is 69.1 Å². The van der Waals surface area contributed by atoms with Gasteiger partial charge in [-0.15, -0.1) is 0 Å². The monoisotopic (exact) mass is 709 g/mol. The van der Waals surface area contributed by atoms with Crippen LogP contribution in [0.4, 0.5) is 26.3 Å². The molecule has 0 aliphatic carbocycles. The van der Waals surface area contributed by atoms with E-state index in [0.29, 0.717) is 0 Å². The van der Waals surface area contributed by atoms with Crippen molar-refractivity contribution in [3.63, 3.8) is 0 Å². The van der Waals surface area contributed by atoms with Gasteiger partial charge >= 0.3 is 27.8 Å². The predicted octanol–water partition coefficient (Wildman–Crippen LogP) is 4.88. The zero-order chi connectivity index (χ0) is 32.3. The number of pyridine rings is 4. The Morgan fingerprint density at radius 2 is 0.864 bits per heavy atom. The van der Waals surface area contributed by atoms with Gasteiger partial charge in [0.15, 0.2) is 20.2 Å². The molecule has 0 saturated heterocycles. The van der Waals surface area contributed by atoms with Crippen LogP contribution < -0.4 is 0 Å². The van der Waals surface area contributed by atoms with Gasteiger partial charge in [0.2, 0.25) is 0 Å². The fraction of sp³-hybridized carbons (Fsp3) is 0.200. The summed E-state index contributed by atoms with van der Waals surface area (Å²) >= 11 is 0. The molecule has 1 radical (unpaired) electrons. The summed E-state index contributed by atoms with van der Waals surface area (Å²) in [7, 11) is -12.2. The molecule has 0 bridgehead atoms. The van der Waals surface area contributed by atoms with E-state index in [1.165, 1.54) is 0 Å². The molecule has 0 aliphatic rings. The maximum atomic E-state index is 10.7. The fourth-order valence-corrected chi connectivity index (χ4v) is 3.00. The molecule has 0 atom stereocenters. The number of alkyl halides is 6. The summed E-state index contributed by atoms with van der Waals surface area (Å²) in [4.78, 5) is 18.2. The van der Waals surface area contributed by atoms with Crippen LogP contribution in [0, 0.1) is 0 Å². The summed E-state index contributed by atoms with van der Waals surface area (Å²) in [5.41, 5.74) is -5.47. The van der Waals surface area contributed by atoms with Crippen molar-refractivity contribution in [1.82, 2.24) is 19.9 Å². The molecule has 0 fully saturated rings. The maximum Gasteiger partial charge on any atom is 2.00 e. The second-order valence-electron chi connectivity index (χ2n) is 8.11. The molecule has 0 N–H and O–H groups in total. The zero-order valence-electron chi connectivity index (χ0n) is 21.9. The van der Waals surface area contributed by atoms with Crippen LogP contribution in [0.2, 0.25) is 0 Å². The first-order valence-electron chi connectivity index (χ1n) is 11.7. The van der Waals surface area contributed by atoms with Crippen LogP contribution in [0.15, 0.2) is 85.2 Å². The third-order valence-electron chi connectivity index (χ3n) is 4.90. The van der Waals surface area contributed by atoms with Gasteiger partial charge in [0.25, 0.3) is 0 Å². The van der Waals surface area contributed by atoms with Gasteiger partial charge in [0, 0.05) is 23.8 Å². The molecule has 4 aromatic rings. The van der Waals surface area contributed by atoms with Crippen LogP contribution in [0.3, 0.4) is 0 Å². The van der Waals surface area contributed by atoms with Gasteiger partial charge in [-0.2, -0.15) is 26.3 Å². The van der Waals surface area contributed by atoms with Gasteiger partial charge in [-0.05, 0) is 67.8 Å². The van der Waals surface area contributed by atoms with E-state index in [1.807, 2.05) is 60.7 Å². The van der Waals surface area contributed by atoms with E-state index < -0.39 is 31.3 Å². The second kappa shape index (κ2) is 16.5. The minimum absolute atomic E-state index is 0. The fourth-order valence-electron chi connectivity index (χ4n) is 3.00. The van der Waals surface area contributed by atoms with Crippen molar-refractivity contribution in [2.45, 2.75) is 30.3 Å². The molecule has 4 aromatic heterocycles. The average Bonchev–Trinajstić information content (AvgIpc) is 2.93. The molecule has 0 spiro atoms. The third-order valence-corrected chi connectivity index (χ3v) is 6.03. The van der Waals surface area contributed by atoms with Crippen LogP contribution in [0.5, 0.6) is 0 Å². The maximum absolute atomic E-state index is 10.7. The number of aryl methyl sites for hydroxylation is 2. The summed E-state index contributed by atoms with van der Waals surface area (Å²) in [6.07, 6.45) is 6.41. The smallest absolute Gasteiger partial charge is 0.741 e. The van der Waals surface area contributed by atoms with Crippen molar-refractivity contribution in [2.75, 3.05) is 0 Å². The van der Waals surface area contributed by atoms with Gasteiger partial charge in [-0.3, -0.25) is 19.9 Å². The standard InChI is InChI=1S/C23H20N4.2CHF3O3S.Co/c1-3-16-24-20(12-1)22-14-6-10-18(26-22)8-5-9-19-11-7-15-23(27-19)21-13-2-4-17-25-21;2*2-1(3,4)8(5,6)7;/h1-4,6-7,10-17H,5,8-9H2;2*(H,5,6,7);/q;;;+2/p-2. The van der Waals surface area contributed by atoms with E-state index in [4.69, 9.17) is 35.9 Å². The number of hydrogen-bond donors (Lipinski definition) is 0. The number of halogens is 6. The van der Waals surface area contributed by atoms with Gasteiger partial charge in [-0.25, -0.2) is 16.8 Å². The molecular formula is C25H20CoF6N4O6S2. The third kappa shape index (κ3) is 13.0. The van der Waals surface area contributed by atoms with Gasteiger partial charge in [0.1, 0.15) is 0 Å². The van der Waals surface area contributed by atoms with Crippen LogP contribution >= 0.6 is 0 Å². The minimum Gasteiger partial charge on any atom is -0.741 e. The van der Waals surface area contributed by atoms with Crippen molar-refractivity contribution in [3.05, 3.63) is 96.6 Å². The zero-order valence-corrected chi connectivity index (χ0v) is 24.5. The molecule has 0 aromatic carbocycles. The molecule has 10 nitrogen and oxygen atoms in total. The normalized spacial score (nSPS) is 11.6. The average molecular weight is 710 g/mol.